The summed E-state index contributed by atoms with van der Waals surface area (Å²) in [5, 5.41) is 12.7. The van der Waals surface area contributed by atoms with Crippen LogP contribution in [0, 0.1) is 34.5 Å². The fraction of sp³-hybridized carbons (Fsp3) is 0.880. The van der Waals surface area contributed by atoms with Crippen LogP contribution in [0.5, 0.6) is 0 Å². The molecule has 6 fully saturated rings. The van der Waals surface area contributed by atoms with Gasteiger partial charge in [0.05, 0.1) is 12.1 Å². The predicted octanol–water partition coefficient (Wildman–Crippen LogP) is 1.43. The van der Waals surface area contributed by atoms with Crippen molar-refractivity contribution in [2.24, 2.45) is 34.6 Å². The van der Waals surface area contributed by atoms with Gasteiger partial charge in [-0.15, -0.1) is 0 Å². The van der Waals surface area contributed by atoms with Gasteiger partial charge in [-0.1, -0.05) is 6.42 Å². The molecule has 0 aromatic heterocycles. The summed E-state index contributed by atoms with van der Waals surface area (Å²) in [7, 11) is 1.80. The lowest BCUT2D eigenvalue weighted by molar-refractivity contribution is -0.207. The molecule has 8 nitrogen and oxygen atoms in total. The number of nitrogens with two attached hydrogens (primary N) is 2. The highest BCUT2D eigenvalue weighted by molar-refractivity contribution is 5.84. The number of unbranched alkanes of at least 4 members (excludes halogenated alkanes) is 1. The minimum atomic E-state index is -0.624. The molecule has 0 radical (unpaired) electrons. The number of carbonyl (C=O) groups excluding carboxylic acids is 2. The average molecular weight is 458 g/mol. The number of rotatable bonds is 9. The smallest absolute Gasteiger partial charge is 0.323 e. The van der Waals surface area contributed by atoms with Gasteiger partial charge in [-0.25, -0.2) is 0 Å². The van der Waals surface area contributed by atoms with Crippen LogP contribution in [0.1, 0.15) is 70.6 Å². The molecule has 1 saturated heterocycles. The second-order valence-corrected chi connectivity index (χ2v) is 11.7. The van der Waals surface area contributed by atoms with E-state index in [2.05, 4.69) is 11.4 Å². The van der Waals surface area contributed by atoms with Crippen LogP contribution < -0.4 is 16.8 Å². The molecule has 0 spiro atoms. The molecule has 5 N–H and O–H groups in total. The molecule has 0 aromatic carbocycles. The van der Waals surface area contributed by atoms with Crippen LogP contribution in [0.4, 0.5) is 0 Å². The van der Waals surface area contributed by atoms with E-state index < -0.39 is 11.6 Å². The molecular formula is C25H39N5O3. The first-order valence-electron chi connectivity index (χ1n) is 12.9. The largest absolute Gasteiger partial charge is 0.458 e. The average Bonchev–Trinajstić information content (AvgIpc) is 3.44. The van der Waals surface area contributed by atoms with Crippen molar-refractivity contribution in [2.75, 3.05) is 13.6 Å². The number of likely N-dealkylation sites (tertiary alicyclic amines) is 1. The Bertz CT molecular complexity index is 826. The number of hydrogen-bond donors (Lipinski definition) is 3. The van der Waals surface area contributed by atoms with Crippen molar-refractivity contribution in [3.8, 4) is 6.07 Å². The number of likely N-dealkylation sites (N-methyl/N-ethyl adjacent to an activating group) is 1. The van der Waals surface area contributed by atoms with E-state index in [-0.39, 0.29) is 35.4 Å². The Hall–Kier alpha value is -1.69. The summed E-state index contributed by atoms with van der Waals surface area (Å²) in [5.74, 6) is 1.14. The summed E-state index contributed by atoms with van der Waals surface area (Å²) >= 11 is 0. The number of amides is 1. The molecule has 182 valence electrons. The van der Waals surface area contributed by atoms with Crippen LogP contribution in [0.25, 0.3) is 0 Å². The van der Waals surface area contributed by atoms with Gasteiger partial charge in [0.1, 0.15) is 17.7 Å². The van der Waals surface area contributed by atoms with Crippen molar-refractivity contribution in [1.29, 1.82) is 5.26 Å². The minimum absolute atomic E-state index is 0.0511. The number of piperidine rings is 1. The third-order valence-electron chi connectivity index (χ3n) is 9.38. The predicted molar refractivity (Wildman–Crippen MR) is 122 cm³/mol. The number of carbonyl (C=O) groups is 2. The highest BCUT2D eigenvalue weighted by Gasteiger charge is 2.64. The second-order valence-electron chi connectivity index (χ2n) is 11.7. The van der Waals surface area contributed by atoms with Gasteiger partial charge in [-0.2, -0.15) is 5.26 Å². The van der Waals surface area contributed by atoms with Gasteiger partial charge >= 0.3 is 5.97 Å². The van der Waals surface area contributed by atoms with Gasteiger partial charge in [-0.05, 0) is 101 Å². The van der Waals surface area contributed by atoms with Gasteiger partial charge in [-0.3, -0.25) is 9.59 Å². The molecule has 1 amide bonds. The number of ether oxygens (including phenoxy) is 1. The van der Waals surface area contributed by atoms with Crippen molar-refractivity contribution < 1.29 is 14.3 Å². The molecule has 0 aromatic rings. The van der Waals surface area contributed by atoms with E-state index in [0.717, 1.165) is 57.8 Å². The first kappa shape index (κ1) is 23.1. The Morgan fingerprint density at radius 2 is 1.91 bits per heavy atom. The molecule has 1 aliphatic heterocycles. The first-order valence-corrected chi connectivity index (χ1v) is 12.9. The fourth-order valence-electron chi connectivity index (χ4n) is 8.20. The van der Waals surface area contributed by atoms with E-state index in [1.165, 1.54) is 0 Å². The summed E-state index contributed by atoms with van der Waals surface area (Å²) in [6.45, 7) is 0.624. The molecule has 6 rings (SSSR count). The Balaban J connectivity index is 1.32. The maximum atomic E-state index is 13.6. The van der Waals surface area contributed by atoms with Crippen LogP contribution >= 0.6 is 0 Å². The molecule has 33 heavy (non-hydrogen) atoms. The lowest BCUT2D eigenvalue weighted by Crippen LogP contribution is -2.66. The molecule has 6 unspecified atom stereocenters. The van der Waals surface area contributed by atoms with Gasteiger partial charge in [0, 0.05) is 6.04 Å². The summed E-state index contributed by atoms with van der Waals surface area (Å²) < 4.78 is 6.32. The molecule has 8 heteroatoms. The van der Waals surface area contributed by atoms with E-state index in [9.17, 15) is 14.9 Å². The standard InChI is InChI=1S/C25H39N5O3/c1-29-19(4-2-3-5-26)23(32)33-25-11-15-6-16(12-25)10-24(9-15,14-25)21(28)22(31)30-18(13-27)7-17-8-20(17)30/h15-21,29H,2-12,14,26,28H2,1H3/t15-,16?,17?,18-,19?,20?,21+,24?,25?/m0/s1. The second kappa shape index (κ2) is 8.51. The van der Waals surface area contributed by atoms with Crippen LogP contribution in [-0.2, 0) is 14.3 Å². The van der Waals surface area contributed by atoms with Crippen LogP contribution in [0.15, 0.2) is 0 Å². The van der Waals surface area contributed by atoms with Crippen LogP contribution in [0.3, 0.4) is 0 Å². The number of nitriles is 1. The monoisotopic (exact) mass is 457 g/mol. The van der Waals surface area contributed by atoms with E-state index in [1.54, 1.807) is 11.9 Å². The number of hydrogen-bond acceptors (Lipinski definition) is 7. The van der Waals surface area contributed by atoms with Gasteiger partial charge in [0.15, 0.2) is 0 Å². The van der Waals surface area contributed by atoms with E-state index >= 15 is 0 Å². The quantitative estimate of drug-likeness (QED) is 0.352. The lowest BCUT2D eigenvalue weighted by Gasteiger charge is -2.62. The topological polar surface area (TPSA) is 134 Å². The molecule has 4 bridgehead atoms. The zero-order chi connectivity index (χ0) is 23.4. The molecule has 5 saturated carbocycles. The van der Waals surface area contributed by atoms with Crippen molar-refractivity contribution in [1.82, 2.24) is 10.2 Å². The number of nitrogens with zero attached hydrogens (tertiary/aromatic N) is 2. The van der Waals surface area contributed by atoms with E-state index in [1.807, 2.05) is 0 Å². The van der Waals surface area contributed by atoms with Crippen LogP contribution in [0.2, 0.25) is 0 Å². The van der Waals surface area contributed by atoms with E-state index in [0.29, 0.717) is 37.1 Å². The lowest BCUT2D eigenvalue weighted by atomic mass is 9.46. The van der Waals surface area contributed by atoms with Crippen molar-refractivity contribution in [3.63, 3.8) is 0 Å². The fourth-order valence-corrected chi connectivity index (χ4v) is 8.20. The number of nitrogens with one attached hydrogen (secondary N) is 1. The minimum Gasteiger partial charge on any atom is -0.458 e. The molecule has 1 heterocycles. The highest BCUT2D eigenvalue weighted by Crippen LogP contribution is 2.64. The normalized spacial score (nSPS) is 41.9. The SMILES string of the molecule is CNC(CCCCN)C(=O)OC12CC3C[C@H](C1)CC([C@H](N)C(=O)N1C4CC4C[C@H]1C#N)(C3)C2. The van der Waals surface area contributed by atoms with Crippen molar-refractivity contribution >= 4 is 11.9 Å². The summed E-state index contributed by atoms with van der Waals surface area (Å²) in [6, 6.07) is 1.24. The maximum Gasteiger partial charge on any atom is 0.323 e. The summed E-state index contributed by atoms with van der Waals surface area (Å²) in [5.41, 5.74) is 11.6. The summed E-state index contributed by atoms with van der Waals surface area (Å²) in [4.78, 5) is 28.6. The Labute approximate surface area is 196 Å². The van der Waals surface area contributed by atoms with Gasteiger partial charge < -0.3 is 26.4 Å². The zero-order valence-corrected chi connectivity index (χ0v) is 19.8. The Kier molecular flexibility index (Phi) is 5.95. The third-order valence-corrected chi connectivity index (χ3v) is 9.38. The molecule has 6 aliphatic rings. The van der Waals surface area contributed by atoms with Crippen molar-refractivity contribution in [2.45, 2.75) is 100 Å². The van der Waals surface area contributed by atoms with Gasteiger partial charge in [0.2, 0.25) is 5.91 Å². The molecular weight excluding hydrogens is 418 g/mol. The third kappa shape index (κ3) is 3.96. The summed E-state index contributed by atoms with van der Waals surface area (Å²) in [6.07, 6.45) is 9.72. The first-order chi connectivity index (χ1) is 15.8. The Morgan fingerprint density at radius 3 is 2.55 bits per heavy atom. The number of fused-ring (bicyclic) bond motifs is 1. The molecule has 9 atom stereocenters. The van der Waals surface area contributed by atoms with Gasteiger partial charge in [0.25, 0.3) is 0 Å². The highest BCUT2D eigenvalue weighted by atomic mass is 16.6. The number of esters is 1. The molecule has 5 aliphatic carbocycles. The maximum absolute atomic E-state index is 13.6. The zero-order valence-electron chi connectivity index (χ0n) is 19.8. The van der Waals surface area contributed by atoms with Crippen molar-refractivity contribution in [3.05, 3.63) is 0 Å². The van der Waals surface area contributed by atoms with Crippen LogP contribution in [-0.4, -0.2) is 60.1 Å². The van der Waals surface area contributed by atoms with E-state index in [4.69, 9.17) is 16.2 Å². The Morgan fingerprint density at radius 1 is 1.18 bits per heavy atom.